The fraction of sp³-hybridized carbons (Fsp3) is 0.381. The molecule has 0 bridgehead atoms. The first-order chi connectivity index (χ1) is 12.8. The number of hydrogen-bond donors (Lipinski definition) is 2. The van der Waals surface area contributed by atoms with Gasteiger partial charge in [0.05, 0.1) is 0 Å². The molecule has 0 saturated heterocycles. The zero-order chi connectivity index (χ0) is 20.0. The number of nitrogens with zero attached hydrogens (tertiary/aromatic N) is 1. The highest BCUT2D eigenvalue weighted by Crippen LogP contribution is 2.22. The standard InChI is InChI=1S/C21H26N2O4/c1-4-17-19(15(3)24)14(2)22-20(17)21(27)23(12-8-11-18(25)26)13-16-9-6-5-7-10-16/h5-7,9-10,22H,4,8,11-13H2,1-3H3,(H,25,26). The van der Waals surface area contributed by atoms with E-state index >= 15 is 0 Å². The largest absolute Gasteiger partial charge is 0.481 e. The van der Waals surface area contributed by atoms with Crippen molar-refractivity contribution in [3.63, 3.8) is 0 Å². The van der Waals surface area contributed by atoms with Crippen molar-refractivity contribution < 1.29 is 19.5 Å². The van der Waals surface area contributed by atoms with Crippen molar-refractivity contribution in [2.45, 2.75) is 46.6 Å². The van der Waals surface area contributed by atoms with Gasteiger partial charge in [-0.25, -0.2) is 0 Å². The predicted octanol–water partition coefficient (Wildman–Crippen LogP) is 3.60. The van der Waals surface area contributed by atoms with Crippen LogP contribution < -0.4 is 0 Å². The van der Waals surface area contributed by atoms with Gasteiger partial charge in [-0.05, 0) is 37.8 Å². The van der Waals surface area contributed by atoms with E-state index in [-0.39, 0.29) is 18.1 Å². The van der Waals surface area contributed by atoms with Gasteiger partial charge in [0.2, 0.25) is 0 Å². The van der Waals surface area contributed by atoms with Crippen LogP contribution in [0.5, 0.6) is 0 Å². The smallest absolute Gasteiger partial charge is 0.303 e. The highest BCUT2D eigenvalue weighted by Gasteiger charge is 2.25. The van der Waals surface area contributed by atoms with Crippen molar-refractivity contribution in [1.29, 1.82) is 0 Å². The van der Waals surface area contributed by atoms with E-state index < -0.39 is 5.97 Å². The van der Waals surface area contributed by atoms with Crippen LogP contribution in [0.2, 0.25) is 0 Å². The van der Waals surface area contributed by atoms with Crippen molar-refractivity contribution >= 4 is 17.7 Å². The molecule has 0 unspecified atom stereocenters. The highest BCUT2D eigenvalue weighted by atomic mass is 16.4. The summed E-state index contributed by atoms with van der Waals surface area (Å²) in [5.74, 6) is -1.16. The summed E-state index contributed by atoms with van der Waals surface area (Å²) < 4.78 is 0. The number of carbonyl (C=O) groups is 3. The number of carboxylic acid groups (broad SMARTS) is 1. The molecule has 144 valence electrons. The average Bonchev–Trinajstić information content (AvgIpc) is 2.97. The number of nitrogens with one attached hydrogen (secondary N) is 1. The average molecular weight is 370 g/mol. The Labute approximate surface area is 159 Å². The van der Waals surface area contributed by atoms with E-state index in [1.54, 1.807) is 11.8 Å². The highest BCUT2D eigenvalue weighted by molar-refractivity contribution is 6.02. The number of Topliss-reactive ketones (excluding diaryl/α,β-unsaturated/α-hetero) is 1. The van der Waals surface area contributed by atoms with Gasteiger partial charge in [0.25, 0.3) is 5.91 Å². The van der Waals surface area contributed by atoms with E-state index in [1.807, 2.05) is 37.3 Å². The van der Waals surface area contributed by atoms with Gasteiger partial charge in [-0.3, -0.25) is 14.4 Å². The Hall–Kier alpha value is -2.89. The molecule has 6 nitrogen and oxygen atoms in total. The molecule has 0 atom stereocenters. The lowest BCUT2D eigenvalue weighted by molar-refractivity contribution is -0.137. The molecule has 2 aromatic rings. The van der Waals surface area contributed by atoms with Gasteiger partial charge in [-0.15, -0.1) is 0 Å². The number of benzene rings is 1. The first-order valence-electron chi connectivity index (χ1n) is 9.12. The summed E-state index contributed by atoms with van der Waals surface area (Å²) in [6.07, 6.45) is 0.935. The lowest BCUT2D eigenvalue weighted by atomic mass is 10.0. The minimum Gasteiger partial charge on any atom is -0.481 e. The molecule has 2 rings (SSSR count). The van der Waals surface area contributed by atoms with Gasteiger partial charge >= 0.3 is 5.97 Å². The molecule has 1 aromatic heterocycles. The number of H-pyrrole nitrogens is 1. The minimum absolute atomic E-state index is 0.00164. The van der Waals surface area contributed by atoms with Crippen LogP contribution in [0.25, 0.3) is 0 Å². The van der Waals surface area contributed by atoms with Gasteiger partial charge in [0, 0.05) is 30.8 Å². The van der Waals surface area contributed by atoms with Gasteiger partial charge in [0.1, 0.15) is 5.69 Å². The number of aromatic nitrogens is 1. The third-order valence-electron chi connectivity index (χ3n) is 4.53. The molecule has 27 heavy (non-hydrogen) atoms. The first kappa shape index (κ1) is 20.4. The molecule has 0 aliphatic rings. The van der Waals surface area contributed by atoms with Crippen molar-refractivity contribution in [1.82, 2.24) is 9.88 Å². The summed E-state index contributed by atoms with van der Waals surface area (Å²) in [5, 5.41) is 8.91. The topological polar surface area (TPSA) is 90.5 Å². The Morgan fingerprint density at radius 1 is 1.15 bits per heavy atom. The molecular formula is C21H26N2O4. The van der Waals surface area contributed by atoms with Gasteiger partial charge in [-0.1, -0.05) is 37.3 Å². The molecule has 6 heteroatoms. The van der Waals surface area contributed by atoms with Crippen molar-refractivity contribution in [3.8, 4) is 0 Å². The van der Waals surface area contributed by atoms with E-state index in [1.165, 1.54) is 6.92 Å². The first-order valence-corrected chi connectivity index (χ1v) is 9.12. The molecule has 0 saturated carbocycles. The number of carboxylic acids is 1. The fourth-order valence-electron chi connectivity index (χ4n) is 3.32. The van der Waals surface area contributed by atoms with Crippen LogP contribution in [0, 0.1) is 6.92 Å². The lowest BCUT2D eigenvalue weighted by Gasteiger charge is -2.23. The zero-order valence-corrected chi connectivity index (χ0v) is 16.0. The molecule has 0 fully saturated rings. The SMILES string of the molecule is CCc1c(C(=O)N(CCCC(=O)O)Cc2ccccc2)[nH]c(C)c1C(C)=O. The maximum atomic E-state index is 13.2. The number of carbonyl (C=O) groups excluding carboxylic acids is 2. The van der Waals surface area contributed by atoms with Crippen molar-refractivity contribution in [2.24, 2.45) is 0 Å². The summed E-state index contributed by atoms with van der Waals surface area (Å²) in [7, 11) is 0. The minimum atomic E-state index is -0.883. The zero-order valence-electron chi connectivity index (χ0n) is 16.0. The van der Waals surface area contributed by atoms with Crippen LogP contribution in [0.15, 0.2) is 30.3 Å². The summed E-state index contributed by atoms with van der Waals surface area (Å²) in [5.41, 5.74) is 3.38. The molecule has 1 amide bonds. The Bertz CT molecular complexity index is 824. The third kappa shape index (κ3) is 5.06. The molecule has 2 N–H and O–H groups in total. The van der Waals surface area contributed by atoms with Crippen LogP contribution in [-0.2, 0) is 17.8 Å². The normalized spacial score (nSPS) is 10.6. The van der Waals surface area contributed by atoms with Crippen LogP contribution in [0.1, 0.15) is 64.4 Å². The van der Waals surface area contributed by atoms with E-state index in [4.69, 9.17) is 5.11 Å². The fourth-order valence-corrected chi connectivity index (χ4v) is 3.32. The molecule has 1 heterocycles. The Balaban J connectivity index is 2.33. The number of aliphatic carboxylic acids is 1. The van der Waals surface area contributed by atoms with Gasteiger partial charge in [0.15, 0.2) is 5.78 Å². The van der Waals surface area contributed by atoms with Crippen LogP contribution in [-0.4, -0.2) is 39.2 Å². The van der Waals surface area contributed by atoms with Crippen LogP contribution >= 0.6 is 0 Å². The number of aromatic amines is 1. The molecule has 1 aromatic carbocycles. The quantitative estimate of drug-likeness (QED) is 0.660. The van der Waals surface area contributed by atoms with Crippen molar-refractivity contribution in [2.75, 3.05) is 6.54 Å². The third-order valence-corrected chi connectivity index (χ3v) is 4.53. The molecular weight excluding hydrogens is 344 g/mol. The Kier molecular flexibility index (Phi) is 6.93. The monoisotopic (exact) mass is 370 g/mol. The maximum absolute atomic E-state index is 13.2. The lowest BCUT2D eigenvalue weighted by Crippen LogP contribution is -2.32. The second-order valence-electron chi connectivity index (χ2n) is 6.60. The van der Waals surface area contributed by atoms with Gasteiger partial charge in [-0.2, -0.15) is 0 Å². The second-order valence-corrected chi connectivity index (χ2v) is 6.60. The Morgan fingerprint density at radius 3 is 2.37 bits per heavy atom. The second kappa shape index (κ2) is 9.16. The van der Waals surface area contributed by atoms with E-state index in [0.29, 0.717) is 42.9 Å². The summed E-state index contributed by atoms with van der Waals surface area (Å²) in [6, 6.07) is 9.57. The molecule has 0 spiro atoms. The predicted molar refractivity (Wildman–Crippen MR) is 103 cm³/mol. The molecule has 0 aliphatic heterocycles. The summed E-state index contributed by atoms with van der Waals surface area (Å²) >= 11 is 0. The number of rotatable bonds is 9. The molecule has 0 radical (unpaired) electrons. The Morgan fingerprint density at radius 2 is 1.81 bits per heavy atom. The number of ketones is 1. The molecule has 0 aliphatic carbocycles. The number of hydrogen-bond acceptors (Lipinski definition) is 3. The number of aryl methyl sites for hydroxylation is 1. The van der Waals surface area contributed by atoms with Gasteiger partial charge < -0.3 is 15.0 Å². The summed E-state index contributed by atoms with van der Waals surface area (Å²) in [6.45, 7) is 5.92. The maximum Gasteiger partial charge on any atom is 0.303 e. The number of amides is 1. The summed E-state index contributed by atoms with van der Waals surface area (Å²) in [4.78, 5) is 40.8. The van der Waals surface area contributed by atoms with Crippen LogP contribution in [0.3, 0.4) is 0 Å². The van der Waals surface area contributed by atoms with E-state index in [2.05, 4.69) is 4.98 Å². The van der Waals surface area contributed by atoms with Crippen LogP contribution in [0.4, 0.5) is 0 Å². The van der Waals surface area contributed by atoms with E-state index in [9.17, 15) is 14.4 Å². The van der Waals surface area contributed by atoms with E-state index in [0.717, 1.165) is 11.1 Å². The van der Waals surface area contributed by atoms with Crippen molar-refractivity contribution in [3.05, 3.63) is 58.4 Å².